The summed E-state index contributed by atoms with van der Waals surface area (Å²) < 4.78 is 0. The molecule has 1 aliphatic rings. The third-order valence-corrected chi connectivity index (χ3v) is 4.15. The number of halogens is 1. The van der Waals surface area contributed by atoms with Gasteiger partial charge in [0.1, 0.15) is 0 Å². The van der Waals surface area contributed by atoms with Gasteiger partial charge in [0, 0.05) is 22.0 Å². The van der Waals surface area contributed by atoms with Crippen LogP contribution in [0.25, 0.3) is 10.9 Å². The Morgan fingerprint density at radius 3 is 3.00 bits per heavy atom. The quantitative estimate of drug-likeness (QED) is 0.900. The van der Waals surface area contributed by atoms with Crippen molar-refractivity contribution in [1.82, 2.24) is 4.98 Å². The van der Waals surface area contributed by atoms with E-state index in [2.05, 4.69) is 11.9 Å². The number of aromatic nitrogens is 1. The zero-order valence-corrected chi connectivity index (χ0v) is 11.4. The topological polar surface area (TPSA) is 50.2 Å². The van der Waals surface area contributed by atoms with E-state index in [1.165, 1.54) is 0 Å². The zero-order chi connectivity index (χ0) is 13.6. The summed E-state index contributed by atoms with van der Waals surface area (Å²) in [6, 6.07) is 5.26. The first-order valence-electron chi connectivity index (χ1n) is 6.47. The number of hydrogen-bond donors (Lipinski definition) is 1. The van der Waals surface area contributed by atoms with Crippen LogP contribution in [0.1, 0.15) is 47.3 Å². The average molecular weight is 276 g/mol. The van der Waals surface area contributed by atoms with Crippen LogP contribution in [-0.2, 0) is 6.42 Å². The molecule has 19 heavy (non-hydrogen) atoms. The van der Waals surface area contributed by atoms with Gasteiger partial charge in [-0.3, -0.25) is 4.98 Å². The van der Waals surface area contributed by atoms with E-state index in [9.17, 15) is 9.90 Å². The summed E-state index contributed by atoms with van der Waals surface area (Å²) in [5.41, 5.74) is 2.98. The molecule has 3 nitrogen and oxygen atoms in total. The molecule has 0 saturated heterocycles. The van der Waals surface area contributed by atoms with Crippen molar-refractivity contribution in [3.8, 4) is 0 Å². The van der Waals surface area contributed by atoms with E-state index < -0.39 is 5.97 Å². The van der Waals surface area contributed by atoms with Gasteiger partial charge in [0.05, 0.1) is 11.1 Å². The van der Waals surface area contributed by atoms with Gasteiger partial charge in [-0.1, -0.05) is 18.5 Å². The number of hydrogen-bond acceptors (Lipinski definition) is 2. The molecule has 1 aliphatic carbocycles. The SMILES string of the molecule is CCC1CCc2c1nc1ccc(Cl)cc1c2C(=O)O. The van der Waals surface area contributed by atoms with Crippen molar-refractivity contribution in [2.45, 2.75) is 32.1 Å². The molecule has 1 N–H and O–H groups in total. The number of carbonyl (C=O) groups is 1. The first-order chi connectivity index (χ1) is 9.11. The highest BCUT2D eigenvalue weighted by atomic mass is 35.5. The third-order valence-electron chi connectivity index (χ3n) is 3.92. The van der Waals surface area contributed by atoms with Crippen molar-refractivity contribution in [3.05, 3.63) is 40.0 Å². The van der Waals surface area contributed by atoms with E-state index >= 15 is 0 Å². The van der Waals surface area contributed by atoms with E-state index in [0.29, 0.717) is 21.9 Å². The minimum absolute atomic E-state index is 0.383. The Hall–Kier alpha value is -1.61. The fraction of sp³-hybridized carbons (Fsp3) is 0.333. The molecule has 0 spiro atoms. The lowest BCUT2D eigenvalue weighted by Gasteiger charge is -2.12. The van der Waals surface area contributed by atoms with Gasteiger partial charge in [-0.15, -0.1) is 0 Å². The molecule has 1 aromatic carbocycles. The number of carboxylic acids is 1. The highest BCUT2D eigenvalue weighted by Crippen LogP contribution is 2.38. The number of aromatic carboxylic acids is 1. The van der Waals surface area contributed by atoms with Gasteiger partial charge >= 0.3 is 5.97 Å². The highest BCUT2D eigenvalue weighted by Gasteiger charge is 2.29. The molecule has 1 heterocycles. The molecule has 0 bridgehead atoms. The van der Waals surface area contributed by atoms with Crippen LogP contribution in [0.2, 0.25) is 5.02 Å². The van der Waals surface area contributed by atoms with Crippen LogP contribution in [-0.4, -0.2) is 16.1 Å². The maximum Gasteiger partial charge on any atom is 0.336 e. The molecule has 0 saturated carbocycles. The zero-order valence-electron chi connectivity index (χ0n) is 10.6. The first-order valence-corrected chi connectivity index (χ1v) is 6.85. The largest absolute Gasteiger partial charge is 0.478 e. The molecule has 0 radical (unpaired) electrons. The smallest absolute Gasteiger partial charge is 0.336 e. The van der Waals surface area contributed by atoms with Gasteiger partial charge in [-0.2, -0.15) is 0 Å². The van der Waals surface area contributed by atoms with Crippen LogP contribution in [0, 0.1) is 0 Å². The lowest BCUT2D eigenvalue weighted by Crippen LogP contribution is -2.06. The maximum atomic E-state index is 11.6. The second-order valence-electron chi connectivity index (χ2n) is 4.96. The summed E-state index contributed by atoms with van der Waals surface area (Å²) >= 11 is 5.98. The summed E-state index contributed by atoms with van der Waals surface area (Å²) in [6.45, 7) is 2.12. The number of pyridine rings is 1. The van der Waals surface area contributed by atoms with Crippen LogP contribution in [0.4, 0.5) is 0 Å². The van der Waals surface area contributed by atoms with Gasteiger partial charge < -0.3 is 5.11 Å². The van der Waals surface area contributed by atoms with Gasteiger partial charge in [-0.05, 0) is 43.0 Å². The fourth-order valence-corrected chi connectivity index (χ4v) is 3.15. The van der Waals surface area contributed by atoms with Crippen LogP contribution >= 0.6 is 11.6 Å². The number of nitrogens with zero attached hydrogens (tertiary/aromatic N) is 1. The van der Waals surface area contributed by atoms with Crippen molar-refractivity contribution >= 4 is 28.5 Å². The number of fused-ring (bicyclic) bond motifs is 2. The van der Waals surface area contributed by atoms with E-state index in [0.717, 1.165) is 36.0 Å². The molecule has 1 aromatic heterocycles. The lowest BCUT2D eigenvalue weighted by molar-refractivity contribution is 0.0698. The van der Waals surface area contributed by atoms with Gasteiger partial charge in [0.15, 0.2) is 0 Å². The van der Waals surface area contributed by atoms with Crippen molar-refractivity contribution in [2.24, 2.45) is 0 Å². The van der Waals surface area contributed by atoms with Crippen LogP contribution in [0.3, 0.4) is 0 Å². The molecule has 2 aromatic rings. The molecule has 1 atom stereocenters. The van der Waals surface area contributed by atoms with Gasteiger partial charge in [-0.25, -0.2) is 4.79 Å². The Morgan fingerprint density at radius 2 is 2.32 bits per heavy atom. The Labute approximate surface area is 116 Å². The summed E-state index contributed by atoms with van der Waals surface area (Å²) in [5.74, 6) is -0.504. The van der Waals surface area contributed by atoms with E-state index in [-0.39, 0.29) is 0 Å². The van der Waals surface area contributed by atoms with E-state index in [4.69, 9.17) is 11.6 Å². The maximum absolute atomic E-state index is 11.6. The minimum atomic E-state index is -0.886. The molecule has 4 heteroatoms. The minimum Gasteiger partial charge on any atom is -0.478 e. The molecule has 3 rings (SSSR count). The molecule has 0 amide bonds. The Kier molecular flexibility index (Phi) is 2.94. The monoisotopic (exact) mass is 275 g/mol. The second-order valence-corrected chi connectivity index (χ2v) is 5.40. The lowest BCUT2D eigenvalue weighted by atomic mass is 9.99. The average Bonchev–Trinajstić information content (AvgIpc) is 2.77. The molecular formula is C15H14ClNO2. The molecule has 98 valence electrons. The summed E-state index contributed by atoms with van der Waals surface area (Å²) in [5, 5.41) is 10.7. The Bertz CT molecular complexity index is 681. The summed E-state index contributed by atoms with van der Waals surface area (Å²) in [4.78, 5) is 16.3. The van der Waals surface area contributed by atoms with Gasteiger partial charge in [0.2, 0.25) is 0 Å². The summed E-state index contributed by atoms with van der Waals surface area (Å²) in [7, 11) is 0. The van der Waals surface area contributed by atoms with E-state index in [1.807, 2.05) is 0 Å². The van der Waals surface area contributed by atoms with E-state index in [1.54, 1.807) is 18.2 Å². The Balaban J connectivity index is 2.38. The Morgan fingerprint density at radius 1 is 1.53 bits per heavy atom. The first kappa shape index (κ1) is 12.4. The fourth-order valence-electron chi connectivity index (χ4n) is 2.98. The molecule has 0 fully saturated rings. The predicted molar refractivity (Wildman–Crippen MR) is 75.1 cm³/mol. The van der Waals surface area contributed by atoms with Crippen LogP contribution < -0.4 is 0 Å². The van der Waals surface area contributed by atoms with Gasteiger partial charge in [0.25, 0.3) is 0 Å². The third kappa shape index (κ3) is 1.89. The van der Waals surface area contributed by atoms with Crippen molar-refractivity contribution < 1.29 is 9.90 Å². The van der Waals surface area contributed by atoms with Crippen molar-refractivity contribution in [2.75, 3.05) is 0 Å². The second kappa shape index (κ2) is 4.49. The molecular weight excluding hydrogens is 262 g/mol. The van der Waals surface area contributed by atoms with Crippen molar-refractivity contribution in [1.29, 1.82) is 0 Å². The normalized spacial score (nSPS) is 17.7. The number of carboxylic acid groups (broad SMARTS) is 1. The predicted octanol–water partition coefficient (Wildman–Crippen LogP) is 4.03. The standard InChI is InChI=1S/C15H14ClNO2/c1-2-8-3-5-10-13(15(18)19)11-7-9(16)4-6-12(11)17-14(8)10/h4,6-8H,2-3,5H2,1H3,(H,18,19). The number of benzene rings is 1. The summed E-state index contributed by atoms with van der Waals surface area (Å²) in [6.07, 6.45) is 2.78. The van der Waals surface area contributed by atoms with Crippen molar-refractivity contribution in [3.63, 3.8) is 0 Å². The highest BCUT2D eigenvalue weighted by molar-refractivity contribution is 6.31. The molecule has 1 unspecified atom stereocenters. The van der Waals surface area contributed by atoms with Crippen LogP contribution in [0.15, 0.2) is 18.2 Å². The molecule has 0 aliphatic heterocycles. The number of rotatable bonds is 2. The van der Waals surface area contributed by atoms with Crippen LogP contribution in [0.5, 0.6) is 0 Å².